The van der Waals surface area contributed by atoms with Crippen LogP contribution in [-0.4, -0.2) is 45.8 Å². The molecular formula is C23H29FN4O2. The average Bonchev–Trinajstić information content (AvgIpc) is 3.54. The minimum atomic E-state index is -0.364. The predicted octanol–water partition coefficient (Wildman–Crippen LogP) is 2.92. The molecule has 1 aromatic carbocycles. The van der Waals surface area contributed by atoms with Crippen LogP contribution in [0.2, 0.25) is 0 Å². The number of halogens is 1. The fourth-order valence-corrected chi connectivity index (χ4v) is 4.24. The standard InChI is InChI=1S/C23H29FN4O2/c1-15(2)23-20(16-5-3-6-17(24)11-16)12-22(30)28(26-23)14-21(29)25-18-7-4-10-27(13-18)19-8-9-19/h3,5-6,11-12,15,18-19H,4,7-10,13-14H2,1-2H3,(H,25,29). The molecule has 1 saturated carbocycles. The van der Waals surface area contributed by atoms with Crippen LogP contribution in [0.25, 0.3) is 11.1 Å². The normalized spacial score (nSPS) is 19.8. The Labute approximate surface area is 176 Å². The molecule has 1 atom stereocenters. The summed E-state index contributed by atoms with van der Waals surface area (Å²) in [5.74, 6) is -0.539. The predicted molar refractivity (Wildman–Crippen MR) is 114 cm³/mol. The molecule has 0 bridgehead atoms. The number of carbonyl (C=O) groups is 1. The molecule has 2 aliphatic rings. The van der Waals surface area contributed by atoms with Gasteiger partial charge in [0.25, 0.3) is 5.56 Å². The van der Waals surface area contributed by atoms with Crippen molar-refractivity contribution in [2.75, 3.05) is 13.1 Å². The Morgan fingerprint density at radius 2 is 2.07 bits per heavy atom. The second-order valence-electron chi connectivity index (χ2n) is 8.74. The van der Waals surface area contributed by atoms with Crippen LogP contribution in [0.4, 0.5) is 4.39 Å². The number of amides is 1. The van der Waals surface area contributed by atoms with Gasteiger partial charge in [0.15, 0.2) is 0 Å². The van der Waals surface area contributed by atoms with Gasteiger partial charge in [-0.15, -0.1) is 0 Å². The summed E-state index contributed by atoms with van der Waals surface area (Å²) >= 11 is 0. The quantitative estimate of drug-likeness (QED) is 0.792. The summed E-state index contributed by atoms with van der Waals surface area (Å²) in [6.07, 6.45) is 4.57. The number of piperidine rings is 1. The molecular weight excluding hydrogens is 383 g/mol. The number of aromatic nitrogens is 2. The van der Waals surface area contributed by atoms with Gasteiger partial charge in [-0.2, -0.15) is 5.10 Å². The van der Waals surface area contributed by atoms with Gasteiger partial charge in [0.05, 0.1) is 5.69 Å². The first-order chi connectivity index (χ1) is 14.4. The summed E-state index contributed by atoms with van der Waals surface area (Å²) in [6, 6.07) is 8.41. The van der Waals surface area contributed by atoms with Crippen LogP contribution in [0.1, 0.15) is 51.1 Å². The zero-order valence-electron chi connectivity index (χ0n) is 17.6. The van der Waals surface area contributed by atoms with Crippen molar-refractivity contribution < 1.29 is 9.18 Å². The van der Waals surface area contributed by atoms with Crippen LogP contribution in [-0.2, 0) is 11.3 Å². The highest BCUT2D eigenvalue weighted by atomic mass is 19.1. The molecule has 7 heteroatoms. The topological polar surface area (TPSA) is 67.2 Å². The van der Waals surface area contributed by atoms with Crippen LogP contribution < -0.4 is 10.9 Å². The summed E-state index contributed by atoms with van der Waals surface area (Å²) in [6.45, 7) is 5.82. The number of rotatable bonds is 6. The van der Waals surface area contributed by atoms with Crippen LogP contribution in [0.5, 0.6) is 0 Å². The molecule has 1 amide bonds. The summed E-state index contributed by atoms with van der Waals surface area (Å²) in [7, 11) is 0. The Morgan fingerprint density at radius 1 is 1.27 bits per heavy atom. The van der Waals surface area contributed by atoms with Gasteiger partial charge in [-0.05, 0) is 55.8 Å². The van der Waals surface area contributed by atoms with Crippen LogP contribution in [0.3, 0.4) is 0 Å². The van der Waals surface area contributed by atoms with Crippen molar-refractivity contribution in [2.45, 2.75) is 64.1 Å². The van der Waals surface area contributed by atoms with E-state index in [0.717, 1.165) is 25.9 Å². The van der Waals surface area contributed by atoms with E-state index in [1.54, 1.807) is 12.1 Å². The van der Waals surface area contributed by atoms with Crippen molar-refractivity contribution in [3.63, 3.8) is 0 Å². The Bertz CT molecular complexity index is 983. The van der Waals surface area contributed by atoms with Gasteiger partial charge in [-0.1, -0.05) is 26.0 Å². The van der Waals surface area contributed by atoms with Gasteiger partial charge in [0.2, 0.25) is 5.91 Å². The molecule has 1 saturated heterocycles. The molecule has 6 nitrogen and oxygen atoms in total. The highest BCUT2D eigenvalue weighted by Crippen LogP contribution is 2.29. The molecule has 4 rings (SSSR count). The molecule has 2 heterocycles. The molecule has 2 fully saturated rings. The van der Waals surface area contributed by atoms with Crippen molar-refractivity contribution >= 4 is 5.91 Å². The number of nitrogens with zero attached hydrogens (tertiary/aromatic N) is 3. The van der Waals surface area contributed by atoms with E-state index in [1.165, 1.54) is 35.7 Å². The lowest BCUT2D eigenvalue weighted by molar-refractivity contribution is -0.123. The highest BCUT2D eigenvalue weighted by molar-refractivity contribution is 5.76. The van der Waals surface area contributed by atoms with Crippen molar-refractivity contribution in [3.8, 4) is 11.1 Å². The number of hydrogen-bond donors (Lipinski definition) is 1. The maximum Gasteiger partial charge on any atom is 0.267 e. The van der Waals surface area contributed by atoms with E-state index in [2.05, 4.69) is 15.3 Å². The Balaban J connectivity index is 1.50. The summed E-state index contributed by atoms with van der Waals surface area (Å²) in [4.78, 5) is 27.8. The third-order valence-corrected chi connectivity index (χ3v) is 5.88. The third-order valence-electron chi connectivity index (χ3n) is 5.88. The second-order valence-corrected chi connectivity index (χ2v) is 8.74. The molecule has 1 aliphatic heterocycles. The number of hydrogen-bond acceptors (Lipinski definition) is 4. The third kappa shape index (κ3) is 4.78. The molecule has 1 aromatic heterocycles. The largest absolute Gasteiger partial charge is 0.350 e. The number of nitrogens with one attached hydrogen (secondary N) is 1. The van der Waals surface area contributed by atoms with Gasteiger partial charge < -0.3 is 5.32 Å². The fraction of sp³-hybridized carbons (Fsp3) is 0.522. The maximum atomic E-state index is 13.7. The molecule has 160 valence electrons. The van der Waals surface area contributed by atoms with E-state index in [0.29, 0.717) is 22.9 Å². The van der Waals surface area contributed by atoms with Crippen molar-refractivity contribution in [1.29, 1.82) is 0 Å². The van der Waals surface area contributed by atoms with E-state index in [-0.39, 0.29) is 35.8 Å². The Hall–Kier alpha value is -2.54. The zero-order valence-corrected chi connectivity index (χ0v) is 17.6. The monoisotopic (exact) mass is 412 g/mol. The SMILES string of the molecule is CC(C)c1nn(CC(=O)NC2CCCN(C3CC3)C2)c(=O)cc1-c1cccc(F)c1. The highest BCUT2D eigenvalue weighted by Gasteiger charge is 2.33. The lowest BCUT2D eigenvalue weighted by Crippen LogP contribution is -2.49. The first kappa shape index (κ1) is 20.7. The van der Waals surface area contributed by atoms with Crippen LogP contribution in [0.15, 0.2) is 35.1 Å². The first-order valence-corrected chi connectivity index (χ1v) is 10.8. The lowest BCUT2D eigenvalue weighted by atomic mass is 9.98. The molecule has 30 heavy (non-hydrogen) atoms. The molecule has 1 N–H and O–H groups in total. The van der Waals surface area contributed by atoms with Gasteiger partial charge in [0.1, 0.15) is 12.4 Å². The zero-order chi connectivity index (χ0) is 21.3. The van der Waals surface area contributed by atoms with E-state index >= 15 is 0 Å². The molecule has 2 aromatic rings. The van der Waals surface area contributed by atoms with Crippen molar-refractivity contribution in [2.24, 2.45) is 0 Å². The minimum absolute atomic E-state index is 0.0172. The van der Waals surface area contributed by atoms with Crippen LogP contribution >= 0.6 is 0 Å². The van der Waals surface area contributed by atoms with E-state index in [9.17, 15) is 14.0 Å². The first-order valence-electron chi connectivity index (χ1n) is 10.8. The van der Waals surface area contributed by atoms with Gasteiger partial charge >= 0.3 is 0 Å². The van der Waals surface area contributed by atoms with E-state index in [1.807, 2.05) is 13.8 Å². The summed E-state index contributed by atoms with van der Waals surface area (Å²) in [5.41, 5.74) is 1.53. The summed E-state index contributed by atoms with van der Waals surface area (Å²) in [5, 5.41) is 7.55. The van der Waals surface area contributed by atoms with Gasteiger partial charge in [-0.25, -0.2) is 9.07 Å². The molecule has 1 aliphatic carbocycles. The van der Waals surface area contributed by atoms with Crippen molar-refractivity contribution in [3.05, 3.63) is 52.2 Å². The average molecular weight is 413 g/mol. The minimum Gasteiger partial charge on any atom is -0.350 e. The van der Waals surface area contributed by atoms with E-state index < -0.39 is 0 Å². The Morgan fingerprint density at radius 3 is 2.77 bits per heavy atom. The molecule has 1 unspecified atom stereocenters. The fourth-order valence-electron chi connectivity index (χ4n) is 4.24. The number of likely N-dealkylation sites (tertiary alicyclic amines) is 1. The lowest BCUT2D eigenvalue weighted by Gasteiger charge is -2.33. The van der Waals surface area contributed by atoms with E-state index in [4.69, 9.17) is 0 Å². The van der Waals surface area contributed by atoms with Crippen LogP contribution in [0, 0.1) is 5.82 Å². The molecule has 0 spiro atoms. The smallest absolute Gasteiger partial charge is 0.267 e. The van der Waals surface area contributed by atoms with Crippen molar-refractivity contribution in [1.82, 2.24) is 20.0 Å². The second kappa shape index (κ2) is 8.68. The Kier molecular flexibility index (Phi) is 5.99. The molecule has 0 radical (unpaired) electrons. The number of benzene rings is 1. The maximum absolute atomic E-state index is 13.7. The van der Waals surface area contributed by atoms with Gasteiger partial charge in [0, 0.05) is 30.3 Å². The summed E-state index contributed by atoms with van der Waals surface area (Å²) < 4.78 is 14.9. The number of carbonyl (C=O) groups excluding carboxylic acids is 1. The van der Waals surface area contributed by atoms with Gasteiger partial charge in [-0.3, -0.25) is 14.5 Å².